The summed E-state index contributed by atoms with van der Waals surface area (Å²) in [7, 11) is 0. The van der Waals surface area contributed by atoms with Gasteiger partial charge in [-0.1, -0.05) is 6.42 Å². The number of thiophene rings is 1. The van der Waals surface area contributed by atoms with Gasteiger partial charge < -0.3 is 5.73 Å². The third kappa shape index (κ3) is 1.49. The summed E-state index contributed by atoms with van der Waals surface area (Å²) in [4.78, 5) is 0. The molecule has 2 heterocycles. The highest BCUT2D eigenvalue weighted by Crippen LogP contribution is 2.39. The third-order valence-corrected chi connectivity index (χ3v) is 4.09. The minimum atomic E-state index is 0.577. The van der Waals surface area contributed by atoms with Gasteiger partial charge in [0.25, 0.3) is 0 Å². The fraction of sp³-hybridized carbons (Fsp3) is 0.417. The van der Waals surface area contributed by atoms with E-state index in [0.29, 0.717) is 12.5 Å². The minimum absolute atomic E-state index is 0.577. The van der Waals surface area contributed by atoms with Crippen molar-refractivity contribution >= 4 is 11.3 Å². The summed E-state index contributed by atoms with van der Waals surface area (Å²) in [5.41, 5.74) is 10.6. The molecule has 16 heavy (non-hydrogen) atoms. The zero-order chi connectivity index (χ0) is 11.0. The van der Waals surface area contributed by atoms with Crippen LogP contribution >= 0.6 is 11.3 Å². The fourth-order valence-corrected chi connectivity index (χ4v) is 2.90. The molecule has 1 aliphatic rings. The second-order valence-electron chi connectivity index (χ2n) is 4.31. The maximum atomic E-state index is 5.86. The summed E-state index contributed by atoms with van der Waals surface area (Å²) in [6.45, 7) is 0.577. The topological polar surface area (TPSA) is 54.7 Å². The zero-order valence-electron chi connectivity index (χ0n) is 9.07. The van der Waals surface area contributed by atoms with Gasteiger partial charge in [-0.2, -0.15) is 16.4 Å². The Morgan fingerprint density at radius 3 is 2.94 bits per heavy atom. The van der Waals surface area contributed by atoms with Crippen LogP contribution in [0.2, 0.25) is 0 Å². The van der Waals surface area contributed by atoms with E-state index in [0.717, 1.165) is 5.69 Å². The first-order valence-electron chi connectivity index (χ1n) is 5.70. The van der Waals surface area contributed by atoms with Crippen LogP contribution in [0.15, 0.2) is 16.8 Å². The van der Waals surface area contributed by atoms with E-state index in [9.17, 15) is 0 Å². The lowest BCUT2D eigenvalue weighted by Crippen LogP contribution is -2.12. The number of nitrogens with one attached hydrogen (secondary N) is 1. The first-order valence-corrected chi connectivity index (χ1v) is 6.64. The molecule has 0 aromatic carbocycles. The molecule has 0 amide bonds. The van der Waals surface area contributed by atoms with E-state index >= 15 is 0 Å². The van der Waals surface area contributed by atoms with Gasteiger partial charge in [0.1, 0.15) is 0 Å². The fourth-order valence-electron chi connectivity index (χ4n) is 2.26. The molecular weight excluding hydrogens is 218 g/mol. The van der Waals surface area contributed by atoms with Crippen molar-refractivity contribution in [1.82, 2.24) is 10.2 Å². The highest BCUT2D eigenvalue weighted by molar-refractivity contribution is 7.08. The van der Waals surface area contributed by atoms with Gasteiger partial charge in [-0.3, -0.25) is 5.10 Å². The van der Waals surface area contributed by atoms with E-state index < -0.39 is 0 Å². The lowest BCUT2D eigenvalue weighted by atomic mass is 9.81. The maximum Gasteiger partial charge on any atom is 0.0976 e. The van der Waals surface area contributed by atoms with Crippen LogP contribution in [0.25, 0.3) is 11.3 Å². The maximum absolute atomic E-state index is 5.86. The Labute approximate surface area is 98.7 Å². The molecule has 2 aromatic rings. The monoisotopic (exact) mass is 233 g/mol. The minimum Gasteiger partial charge on any atom is -0.326 e. The van der Waals surface area contributed by atoms with Crippen LogP contribution in [-0.4, -0.2) is 10.2 Å². The Morgan fingerprint density at radius 1 is 1.50 bits per heavy atom. The molecule has 0 aliphatic heterocycles. The number of rotatable bonds is 3. The molecule has 84 valence electrons. The Bertz CT molecular complexity index is 468. The normalized spacial score (nSPS) is 16.3. The standard InChI is InChI=1S/C12H15N3S/c13-6-10-11(8-2-1-3-8)14-15-12(10)9-4-5-16-7-9/h4-5,7-8H,1-3,6,13H2,(H,14,15). The van der Waals surface area contributed by atoms with Crippen molar-refractivity contribution in [1.29, 1.82) is 0 Å². The molecule has 3 nitrogen and oxygen atoms in total. The predicted molar refractivity (Wildman–Crippen MR) is 66.4 cm³/mol. The number of aromatic nitrogens is 2. The molecule has 3 rings (SSSR count). The van der Waals surface area contributed by atoms with Gasteiger partial charge in [0.15, 0.2) is 0 Å². The number of nitrogens with zero attached hydrogens (tertiary/aromatic N) is 1. The van der Waals surface area contributed by atoms with Crippen LogP contribution in [0.5, 0.6) is 0 Å². The molecule has 0 atom stereocenters. The van der Waals surface area contributed by atoms with E-state index in [-0.39, 0.29) is 0 Å². The van der Waals surface area contributed by atoms with Crippen molar-refractivity contribution in [3.63, 3.8) is 0 Å². The first kappa shape index (κ1) is 10.1. The van der Waals surface area contributed by atoms with Crippen LogP contribution in [0.1, 0.15) is 36.4 Å². The van der Waals surface area contributed by atoms with E-state index in [2.05, 4.69) is 27.0 Å². The van der Waals surface area contributed by atoms with Gasteiger partial charge in [0, 0.05) is 34.7 Å². The van der Waals surface area contributed by atoms with Crippen molar-refractivity contribution in [2.24, 2.45) is 5.73 Å². The Kier molecular flexibility index (Phi) is 2.53. The zero-order valence-corrected chi connectivity index (χ0v) is 9.89. The molecule has 1 saturated carbocycles. The summed E-state index contributed by atoms with van der Waals surface area (Å²) in [5, 5.41) is 11.8. The molecule has 3 N–H and O–H groups in total. The lowest BCUT2D eigenvalue weighted by molar-refractivity contribution is 0.408. The van der Waals surface area contributed by atoms with E-state index in [4.69, 9.17) is 5.73 Å². The average Bonchev–Trinajstić information content (AvgIpc) is 2.81. The summed E-state index contributed by atoms with van der Waals surface area (Å²) < 4.78 is 0. The summed E-state index contributed by atoms with van der Waals surface area (Å²) in [6, 6.07) is 2.10. The third-order valence-electron chi connectivity index (χ3n) is 3.41. The first-order chi connectivity index (χ1) is 7.90. The summed E-state index contributed by atoms with van der Waals surface area (Å²) in [5.74, 6) is 0.665. The van der Waals surface area contributed by atoms with Crippen LogP contribution in [0.4, 0.5) is 0 Å². The Balaban J connectivity index is 2.02. The second kappa shape index (κ2) is 4.03. The molecule has 1 aliphatic carbocycles. The Morgan fingerprint density at radius 2 is 2.38 bits per heavy atom. The smallest absolute Gasteiger partial charge is 0.0976 e. The SMILES string of the molecule is NCc1c(-c2ccsc2)n[nH]c1C1CCC1. The van der Waals surface area contributed by atoms with Gasteiger partial charge in [-0.15, -0.1) is 0 Å². The van der Waals surface area contributed by atoms with E-state index in [1.165, 1.54) is 36.1 Å². The molecule has 2 aromatic heterocycles. The molecule has 4 heteroatoms. The molecule has 0 spiro atoms. The average molecular weight is 233 g/mol. The second-order valence-corrected chi connectivity index (χ2v) is 5.09. The summed E-state index contributed by atoms with van der Waals surface area (Å²) >= 11 is 1.70. The van der Waals surface area contributed by atoms with Crippen molar-refractivity contribution in [2.75, 3.05) is 0 Å². The van der Waals surface area contributed by atoms with Crippen LogP contribution in [0.3, 0.4) is 0 Å². The van der Waals surface area contributed by atoms with Crippen LogP contribution in [0, 0.1) is 0 Å². The largest absolute Gasteiger partial charge is 0.326 e. The molecule has 0 bridgehead atoms. The molecule has 1 fully saturated rings. The number of H-pyrrole nitrogens is 1. The van der Waals surface area contributed by atoms with Gasteiger partial charge in [0.2, 0.25) is 0 Å². The molecule has 0 saturated heterocycles. The number of nitrogens with two attached hydrogens (primary N) is 1. The molecular formula is C12H15N3S. The highest BCUT2D eigenvalue weighted by Gasteiger charge is 2.25. The van der Waals surface area contributed by atoms with Crippen molar-refractivity contribution in [3.8, 4) is 11.3 Å². The van der Waals surface area contributed by atoms with Crippen molar-refractivity contribution in [2.45, 2.75) is 31.7 Å². The van der Waals surface area contributed by atoms with Crippen molar-refractivity contribution in [3.05, 3.63) is 28.1 Å². The van der Waals surface area contributed by atoms with Gasteiger partial charge in [0.05, 0.1) is 5.69 Å². The number of hydrogen-bond donors (Lipinski definition) is 2. The Hall–Kier alpha value is -1.13. The lowest BCUT2D eigenvalue weighted by Gasteiger charge is -2.25. The van der Waals surface area contributed by atoms with Gasteiger partial charge in [-0.25, -0.2) is 0 Å². The molecule has 0 unspecified atom stereocenters. The van der Waals surface area contributed by atoms with Crippen molar-refractivity contribution < 1.29 is 0 Å². The quantitative estimate of drug-likeness (QED) is 0.856. The van der Waals surface area contributed by atoms with E-state index in [1.807, 2.05) is 0 Å². The summed E-state index contributed by atoms with van der Waals surface area (Å²) in [6.07, 6.45) is 3.89. The predicted octanol–water partition coefficient (Wildman–Crippen LogP) is 2.86. The van der Waals surface area contributed by atoms with Gasteiger partial charge >= 0.3 is 0 Å². The number of aromatic amines is 1. The van der Waals surface area contributed by atoms with Crippen LogP contribution in [-0.2, 0) is 6.54 Å². The highest BCUT2D eigenvalue weighted by atomic mass is 32.1. The van der Waals surface area contributed by atoms with Crippen LogP contribution < -0.4 is 5.73 Å². The van der Waals surface area contributed by atoms with Gasteiger partial charge in [-0.05, 0) is 24.3 Å². The number of hydrogen-bond acceptors (Lipinski definition) is 3. The molecule has 0 radical (unpaired) electrons. The van der Waals surface area contributed by atoms with E-state index in [1.54, 1.807) is 11.3 Å².